The first-order valence-electron chi connectivity index (χ1n) is 6.59. The Hall–Kier alpha value is -1.62. The van der Waals surface area contributed by atoms with Crippen LogP contribution in [0.5, 0.6) is 0 Å². The predicted octanol–water partition coefficient (Wildman–Crippen LogP) is 4.99. The Bertz CT molecular complexity index is 939. The predicted molar refractivity (Wildman–Crippen MR) is 94.9 cm³/mol. The van der Waals surface area contributed by atoms with Crippen molar-refractivity contribution in [1.29, 1.82) is 0 Å². The number of hydrogen-bond donors (Lipinski definition) is 1. The number of fused-ring (bicyclic) bond motifs is 1. The van der Waals surface area contributed by atoms with Crippen LogP contribution in [0.4, 0.5) is 0 Å². The molecule has 1 aromatic carbocycles. The van der Waals surface area contributed by atoms with Gasteiger partial charge in [-0.05, 0) is 43.2 Å². The first-order valence-corrected chi connectivity index (χ1v) is 8.16. The van der Waals surface area contributed by atoms with Gasteiger partial charge in [0.2, 0.25) is 0 Å². The lowest BCUT2D eigenvalue weighted by molar-refractivity contribution is 1.14. The van der Waals surface area contributed by atoms with Crippen LogP contribution in [0, 0.1) is 13.8 Å². The van der Waals surface area contributed by atoms with Gasteiger partial charge in [-0.1, -0.05) is 35.3 Å². The minimum atomic E-state index is -0.162. The molecule has 6 heteroatoms. The lowest BCUT2D eigenvalue weighted by atomic mass is 10.2. The summed E-state index contributed by atoms with van der Waals surface area (Å²) in [5.74, 6) is 0.371. The van der Waals surface area contributed by atoms with Crippen molar-refractivity contribution in [2.24, 2.45) is 0 Å². The Morgan fingerprint density at radius 3 is 2.64 bits per heavy atom. The number of thiophene rings is 1. The number of hydrogen-bond acceptors (Lipinski definition) is 3. The van der Waals surface area contributed by atoms with Gasteiger partial charge in [0.1, 0.15) is 4.83 Å². The minimum absolute atomic E-state index is 0.162. The molecule has 1 N–H and O–H groups in total. The van der Waals surface area contributed by atoms with E-state index in [4.69, 9.17) is 23.2 Å². The smallest absolute Gasteiger partial charge is 0.260 e. The normalized spacial score (nSPS) is 12.1. The Morgan fingerprint density at radius 2 is 1.95 bits per heavy atom. The molecule has 0 amide bonds. The van der Waals surface area contributed by atoms with Crippen molar-refractivity contribution in [2.45, 2.75) is 13.8 Å². The zero-order valence-corrected chi connectivity index (χ0v) is 14.2. The van der Waals surface area contributed by atoms with Gasteiger partial charge >= 0.3 is 0 Å². The summed E-state index contributed by atoms with van der Waals surface area (Å²) in [6, 6.07) is 7.26. The molecule has 0 unspecified atom stereocenters. The van der Waals surface area contributed by atoms with E-state index in [-0.39, 0.29) is 5.56 Å². The van der Waals surface area contributed by atoms with E-state index in [9.17, 15) is 4.79 Å². The van der Waals surface area contributed by atoms with Crippen molar-refractivity contribution in [2.75, 3.05) is 0 Å². The molecule has 2 heterocycles. The number of rotatable bonds is 2. The van der Waals surface area contributed by atoms with E-state index in [0.29, 0.717) is 26.1 Å². The van der Waals surface area contributed by atoms with Gasteiger partial charge in [-0.3, -0.25) is 4.79 Å². The summed E-state index contributed by atoms with van der Waals surface area (Å²) >= 11 is 13.7. The second kappa shape index (κ2) is 5.88. The maximum atomic E-state index is 12.2. The molecule has 0 radical (unpaired) electrons. The van der Waals surface area contributed by atoms with Crippen LogP contribution in [-0.4, -0.2) is 9.97 Å². The summed E-state index contributed by atoms with van der Waals surface area (Å²) in [5, 5.41) is 1.68. The van der Waals surface area contributed by atoms with E-state index in [1.54, 1.807) is 18.2 Å². The zero-order chi connectivity index (χ0) is 15.9. The Labute approximate surface area is 141 Å². The van der Waals surface area contributed by atoms with Gasteiger partial charge in [0.05, 0.1) is 10.4 Å². The molecule has 22 heavy (non-hydrogen) atoms. The average Bonchev–Trinajstić information content (AvgIpc) is 2.77. The molecular weight excluding hydrogens is 339 g/mol. The summed E-state index contributed by atoms with van der Waals surface area (Å²) in [6.45, 7) is 3.90. The first kappa shape index (κ1) is 15.3. The van der Waals surface area contributed by atoms with E-state index in [1.165, 1.54) is 11.3 Å². The molecule has 0 aliphatic heterocycles. The highest BCUT2D eigenvalue weighted by atomic mass is 35.5. The first-order chi connectivity index (χ1) is 10.5. The standard InChI is InChI=1S/C16H12Cl2N2OS/c1-8-9(2)22-16-13(8)15(21)19-14(20-16)12(18)7-10-3-5-11(17)6-4-10/h3-7H,1-2H3,(H,19,20,21)/b12-7-. The summed E-state index contributed by atoms with van der Waals surface area (Å²) < 4.78 is 0. The fourth-order valence-electron chi connectivity index (χ4n) is 2.14. The number of benzene rings is 1. The maximum absolute atomic E-state index is 12.2. The Kier molecular flexibility index (Phi) is 4.08. The Morgan fingerprint density at radius 1 is 1.27 bits per heavy atom. The van der Waals surface area contributed by atoms with Crippen LogP contribution in [0.1, 0.15) is 21.8 Å². The quantitative estimate of drug-likeness (QED) is 0.707. The van der Waals surface area contributed by atoms with E-state index in [0.717, 1.165) is 16.0 Å². The largest absolute Gasteiger partial charge is 0.305 e. The van der Waals surface area contributed by atoms with Crippen molar-refractivity contribution in [3.63, 3.8) is 0 Å². The van der Waals surface area contributed by atoms with Crippen LogP contribution < -0.4 is 5.56 Å². The number of aromatic amines is 1. The highest BCUT2D eigenvalue weighted by Gasteiger charge is 2.13. The Balaban J connectivity index is 2.09. The molecule has 112 valence electrons. The average molecular weight is 351 g/mol. The van der Waals surface area contributed by atoms with Crippen molar-refractivity contribution in [1.82, 2.24) is 9.97 Å². The molecule has 3 aromatic rings. The number of aromatic nitrogens is 2. The zero-order valence-electron chi connectivity index (χ0n) is 11.9. The van der Waals surface area contributed by atoms with Gasteiger partial charge in [-0.2, -0.15) is 0 Å². The molecule has 0 bridgehead atoms. The third-order valence-electron chi connectivity index (χ3n) is 3.43. The van der Waals surface area contributed by atoms with Crippen LogP contribution in [0.25, 0.3) is 21.3 Å². The lowest BCUT2D eigenvalue weighted by Gasteiger charge is -2.00. The third kappa shape index (κ3) is 2.82. The molecule has 3 nitrogen and oxygen atoms in total. The van der Waals surface area contributed by atoms with Crippen molar-refractivity contribution >= 4 is 55.9 Å². The number of nitrogens with zero attached hydrogens (tertiary/aromatic N) is 1. The number of nitrogens with one attached hydrogen (secondary N) is 1. The lowest BCUT2D eigenvalue weighted by Crippen LogP contribution is -2.10. The second-order valence-corrected chi connectivity index (χ2v) is 6.97. The van der Waals surface area contributed by atoms with Gasteiger partial charge < -0.3 is 4.98 Å². The molecule has 3 rings (SSSR count). The highest BCUT2D eigenvalue weighted by Crippen LogP contribution is 2.27. The van der Waals surface area contributed by atoms with Gasteiger partial charge in [-0.25, -0.2) is 4.98 Å². The van der Waals surface area contributed by atoms with Gasteiger partial charge in [0.15, 0.2) is 5.82 Å². The van der Waals surface area contributed by atoms with Gasteiger partial charge in [-0.15, -0.1) is 11.3 Å². The number of H-pyrrole nitrogens is 1. The fraction of sp³-hybridized carbons (Fsp3) is 0.125. The summed E-state index contributed by atoms with van der Waals surface area (Å²) in [7, 11) is 0. The van der Waals surface area contributed by atoms with Crippen LogP contribution in [0.2, 0.25) is 5.02 Å². The topological polar surface area (TPSA) is 45.8 Å². The SMILES string of the molecule is Cc1sc2nc(/C(Cl)=C/c3ccc(Cl)cc3)[nH]c(=O)c2c1C. The minimum Gasteiger partial charge on any atom is -0.305 e. The number of aryl methyl sites for hydroxylation is 2. The summed E-state index contributed by atoms with van der Waals surface area (Å²) in [6.07, 6.45) is 1.75. The van der Waals surface area contributed by atoms with E-state index < -0.39 is 0 Å². The molecular formula is C16H12Cl2N2OS. The molecule has 0 atom stereocenters. The molecule has 0 saturated carbocycles. The van der Waals surface area contributed by atoms with E-state index >= 15 is 0 Å². The van der Waals surface area contributed by atoms with Crippen LogP contribution >= 0.6 is 34.5 Å². The van der Waals surface area contributed by atoms with Gasteiger partial charge in [0.25, 0.3) is 5.56 Å². The van der Waals surface area contributed by atoms with E-state index in [2.05, 4.69) is 9.97 Å². The fourth-order valence-corrected chi connectivity index (χ4v) is 3.51. The van der Waals surface area contributed by atoms with Crippen molar-refractivity contribution in [3.05, 3.63) is 61.5 Å². The summed E-state index contributed by atoms with van der Waals surface area (Å²) in [5.41, 5.74) is 1.69. The van der Waals surface area contributed by atoms with Crippen LogP contribution in [-0.2, 0) is 0 Å². The van der Waals surface area contributed by atoms with Crippen molar-refractivity contribution < 1.29 is 0 Å². The molecule has 0 spiro atoms. The molecule has 0 saturated heterocycles. The van der Waals surface area contributed by atoms with Crippen LogP contribution in [0.3, 0.4) is 0 Å². The van der Waals surface area contributed by atoms with Crippen LogP contribution in [0.15, 0.2) is 29.1 Å². The summed E-state index contributed by atoms with van der Waals surface area (Å²) in [4.78, 5) is 21.3. The van der Waals surface area contributed by atoms with Gasteiger partial charge in [0, 0.05) is 9.90 Å². The number of halogens is 2. The molecule has 0 aliphatic rings. The second-order valence-electron chi connectivity index (χ2n) is 4.92. The molecule has 2 aromatic heterocycles. The third-order valence-corrected chi connectivity index (χ3v) is 5.07. The maximum Gasteiger partial charge on any atom is 0.260 e. The molecule has 0 fully saturated rings. The van der Waals surface area contributed by atoms with E-state index in [1.807, 2.05) is 26.0 Å². The monoisotopic (exact) mass is 350 g/mol. The molecule has 0 aliphatic carbocycles. The highest BCUT2D eigenvalue weighted by molar-refractivity contribution is 7.18. The van der Waals surface area contributed by atoms with Crippen molar-refractivity contribution in [3.8, 4) is 0 Å².